The summed E-state index contributed by atoms with van der Waals surface area (Å²) < 4.78 is 0. The Morgan fingerprint density at radius 3 is 2.70 bits per heavy atom. The molecular formula is C23H29N5O2. The molecule has 0 aliphatic carbocycles. The lowest BCUT2D eigenvalue weighted by atomic mass is 10.0. The molecule has 1 atom stereocenters. The molecule has 30 heavy (non-hydrogen) atoms. The van der Waals surface area contributed by atoms with Crippen LogP contribution in [-0.4, -0.2) is 51.7 Å². The van der Waals surface area contributed by atoms with Crippen molar-refractivity contribution in [3.05, 3.63) is 53.0 Å². The Balaban J connectivity index is 1.52. The molecule has 0 radical (unpaired) electrons. The van der Waals surface area contributed by atoms with Crippen molar-refractivity contribution in [3.8, 4) is 0 Å². The number of hydrogen-bond acceptors (Lipinski definition) is 5. The van der Waals surface area contributed by atoms with Crippen LogP contribution in [-0.2, 0) is 29.0 Å². The number of nitrogens with zero attached hydrogens (tertiary/aromatic N) is 4. The number of aromatic nitrogens is 2. The lowest BCUT2D eigenvalue weighted by Crippen LogP contribution is -2.36. The van der Waals surface area contributed by atoms with E-state index >= 15 is 0 Å². The van der Waals surface area contributed by atoms with Crippen LogP contribution in [0.5, 0.6) is 0 Å². The number of amides is 2. The molecule has 1 aromatic heterocycles. The van der Waals surface area contributed by atoms with Crippen LogP contribution in [0.25, 0.3) is 0 Å². The number of fused-ring (bicyclic) bond motifs is 1. The van der Waals surface area contributed by atoms with E-state index < -0.39 is 0 Å². The molecule has 4 rings (SSSR count). The summed E-state index contributed by atoms with van der Waals surface area (Å²) in [6, 6.07) is 10.1. The number of likely N-dealkylation sites (tertiary alicyclic amines) is 1. The van der Waals surface area contributed by atoms with Crippen LogP contribution in [0.1, 0.15) is 54.9 Å². The molecule has 2 aliphatic rings. The highest BCUT2D eigenvalue weighted by molar-refractivity contribution is 5.77. The third kappa shape index (κ3) is 4.15. The van der Waals surface area contributed by atoms with E-state index in [9.17, 15) is 9.59 Å². The van der Waals surface area contributed by atoms with E-state index in [0.29, 0.717) is 25.9 Å². The van der Waals surface area contributed by atoms with Crippen molar-refractivity contribution < 1.29 is 9.59 Å². The van der Waals surface area contributed by atoms with Gasteiger partial charge in [0, 0.05) is 45.5 Å². The molecule has 158 valence electrons. The summed E-state index contributed by atoms with van der Waals surface area (Å²) in [5.41, 5.74) is 3.16. The quantitative estimate of drug-likeness (QED) is 0.825. The third-order valence-electron chi connectivity index (χ3n) is 6.10. The maximum absolute atomic E-state index is 13.0. The molecule has 0 saturated carbocycles. The number of rotatable bonds is 5. The fraction of sp³-hybridized carbons (Fsp3) is 0.478. The molecule has 7 nitrogen and oxygen atoms in total. The second-order valence-electron chi connectivity index (χ2n) is 8.03. The molecule has 1 N–H and O–H groups in total. The highest BCUT2D eigenvalue weighted by Gasteiger charge is 2.33. The van der Waals surface area contributed by atoms with Crippen molar-refractivity contribution in [3.63, 3.8) is 0 Å². The summed E-state index contributed by atoms with van der Waals surface area (Å²) in [5.74, 6) is 1.72. The van der Waals surface area contributed by atoms with Crippen LogP contribution >= 0.6 is 0 Å². The van der Waals surface area contributed by atoms with Crippen molar-refractivity contribution in [2.24, 2.45) is 0 Å². The predicted molar refractivity (Wildman–Crippen MR) is 115 cm³/mol. The van der Waals surface area contributed by atoms with Crippen molar-refractivity contribution in [2.45, 2.75) is 51.6 Å². The Morgan fingerprint density at radius 1 is 1.17 bits per heavy atom. The highest BCUT2D eigenvalue weighted by atomic mass is 16.2. The Labute approximate surface area is 177 Å². The molecule has 2 aliphatic heterocycles. The van der Waals surface area contributed by atoms with E-state index in [0.717, 1.165) is 48.7 Å². The summed E-state index contributed by atoms with van der Waals surface area (Å²) in [6.45, 7) is 3.56. The second-order valence-corrected chi connectivity index (χ2v) is 8.03. The van der Waals surface area contributed by atoms with E-state index in [1.54, 1.807) is 6.92 Å². The number of aryl methyl sites for hydroxylation is 1. The Hall–Kier alpha value is -2.96. The maximum atomic E-state index is 13.0. The summed E-state index contributed by atoms with van der Waals surface area (Å²) >= 11 is 0. The van der Waals surface area contributed by atoms with Crippen molar-refractivity contribution in [1.29, 1.82) is 0 Å². The topological polar surface area (TPSA) is 78.4 Å². The maximum Gasteiger partial charge on any atom is 0.223 e. The van der Waals surface area contributed by atoms with Gasteiger partial charge in [-0.2, -0.15) is 0 Å². The van der Waals surface area contributed by atoms with Gasteiger partial charge in [-0.05, 0) is 24.8 Å². The number of anilines is 1. The number of carbonyl (C=O) groups excluding carboxylic acids is 2. The van der Waals surface area contributed by atoms with Gasteiger partial charge >= 0.3 is 0 Å². The van der Waals surface area contributed by atoms with Gasteiger partial charge in [0.2, 0.25) is 11.8 Å². The fourth-order valence-electron chi connectivity index (χ4n) is 4.43. The first kappa shape index (κ1) is 20.3. The zero-order valence-corrected chi connectivity index (χ0v) is 17.7. The van der Waals surface area contributed by atoms with E-state index in [1.165, 1.54) is 5.56 Å². The molecule has 1 saturated heterocycles. The first-order valence-corrected chi connectivity index (χ1v) is 10.7. The van der Waals surface area contributed by atoms with Crippen LogP contribution in [0, 0.1) is 0 Å². The number of nitrogens with one attached hydrogen (secondary N) is 1. The average Bonchev–Trinajstić information content (AvgIpc) is 3.27. The van der Waals surface area contributed by atoms with Gasteiger partial charge in [-0.1, -0.05) is 30.3 Å². The van der Waals surface area contributed by atoms with Crippen LogP contribution in [0.2, 0.25) is 0 Å². The third-order valence-corrected chi connectivity index (χ3v) is 6.10. The molecular weight excluding hydrogens is 378 g/mol. The van der Waals surface area contributed by atoms with Gasteiger partial charge in [0.1, 0.15) is 5.82 Å². The molecule has 2 aromatic rings. The fourth-order valence-corrected chi connectivity index (χ4v) is 4.43. The van der Waals surface area contributed by atoms with Crippen molar-refractivity contribution in [2.75, 3.05) is 25.5 Å². The summed E-state index contributed by atoms with van der Waals surface area (Å²) in [4.78, 5) is 38.2. The summed E-state index contributed by atoms with van der Waals surface area (Å²) in [6.07, 6.45) is 3.82. The molecule has 2 amide bonds. The number of benzene rings is 1. The summed E-state index contributed by atoms with van der Waals surface area (Å²) in [5, 5.41) is 3.18. The van der Waals surface area contributed by atoms with Crippen molar-refractivity contribution >= 4 is 17.6 Å². The molecule has 0 bridgehead atoms. The molecule has 3 heterocycles. The van der Waals surface area contributed by atoms with Gasteiger partial charge in [0.15, 0.2) is 5.82 Å². The standard InChI is InChI=1S/C23H29N5O2/c1-16(29)27-14-12-19-18(15-27)22(24-2)26-23(25-19)20-9-6-13-28(20)21(30)11-10-17-7-4-3-5-8-17/h3-5,7-8,20H,6,9-15H2,1-2H3,(H,24,25,26). The van der Waals surface area contributed by atoms with Gasteiger partial charge < -0.3 is 15.1 Å². The second kappa shape index (κ2) is 8.81. The molecule has 1 unspecified atom stereocenters. The zero-order chi connectivity index (χ0) is 21.1. The van der Waals surface area contributed by atoms with Crippen LogP contribution in [0.15, 0.2) is 30.3 Å². The lowest BCUT2D eigenvalue weighted by molar-refractivity contribution is -0.132. The van der Waals surface area contributed by atoms with E-state index in [1.807, 2.05) is 35.0 Å². The van der Waals surface area contributed by atoms with Crippen molar-refractivity contribution in [1.82, 2.24) is 19.8 Å². The molecule has 1 fully saturated rings. The Kier molecular flexibility index (Phi) is 5.97. The van der Waals surface area contributed by atoms with Gasteiger partial charge in [0.05, 0.1) is 18.3 Å². The van der Waals surface area contributed by atoms with Crippen LogP contribution < -0.4 is 5.32 Å². The first-order chi connectivity index (χ1) is 14.6. The first-order valence-electron chi connectivity index (χ1n) is 10.7. The number of hydrogen-bond donors (Lipinski definition) is 1. The minimum atomic E-state index is -0.0727. The Bertz CT molecular complexity index is 913. The van der Waals surface area contributed by atoms with E-state index in [2.05, 4.69) is 17.4 Å². The van der Waals surface area contributed by atoms with E-state index in [-0.39, 0.29) is 17.9 Å². The van der Waals surface area contributed by atoms with E-state index in [4.69, 9.17) is 9.97 Å². The smallest absolute Gasteiger partial charge is 0.223 e. The predicted octanol–water partition coefficient (Wildman–Crippen LogP) is 2.72. The average molecular weight is 408 g/mol. The zero-order valence-electron chi connectivity index (χ0n) is 17.7. The van der Waals surface area contributed by atoms with Gasteiger partial charge in [-0.3, -0.25) is 9.59 Å². The Morgan fingerprint density at radius 2 is 1.97 bits per heavy atom. The largest absolute Gasteiger partial charge is 0.373 e. The molecule has 0 spiro atoms. The molecule has 7 heteroatoms. The van der Waals surface area contributed by atoms with Gasteiger partial charge in [-0.25, -0.2) is 9.97 Å². The minimum absolute atomic E-state index is 0.0674. The normalized spacial score (nSPS) is 18.3. The minimum Gasteiger partial charge on any atom is -0.373 e. The SMILES string of the molecule is CNc1nc(C2CCCN2C(=O)CCc2ccccc2)nc2c1CN(C(C)=O)CC2. The molecule has 1 aromatic carbocycles. The monoisotopic (exact) mass is 407 g/mol. The highest BCUT2D eigenvalue weighted by Crippen LogP contribution is 2.33. The van der Waals surface area contributed by atoms with Gasteiger partial charge in [-0.15, -0.1) is 0 Å². The van der Waals surface area contributed by atoms with Crippen LogP contribution in [0.4, 0.5) is 5.82 Å². The number of carbonyl (C=O) groups is 2. The van der Waals surface area contributed by atoms with Crippen LogP contribution in [0.3, 0.4) is 0 Å². The summed E-state index contributed by atoms with van der Waals surface area (Å²) in [7, 11) is 1.84. The van der Waals surface area contributed by atoms with Gasteiger partial charge in [0.25, 0.3) is 0 Å². The lowest BCUT2D eigenvalue weighted by Gasteiger charge is -2.30.